The largest absolute Gasteiger partial charge is 0.378 e. The van der Waals surface area contributed by atoms with E-state index in [1.54, 1.807) is 12.1 Å². The van der Waals surface area contributed by atoms with Crippen LogP contribution in [-0.4, -0.2) is 36.0 Å². The minimum absolute atomic E-state index is 0.0532. The number of nitrogens with zero attached hydrogens (tertiary/aromatic N) is 3. The molecule has 0 aromatic heterocycles. The normalized spacial score (nSPS) is 10.3. The molecule has 0 aliphatic rings. The SMILES string of the molecule is CCCN(CC)CCNc1ccc(C#N)cc1[N+](=O)[O-]. The van der Waals surface area contributed by atoms with Crippen LogP contribution >= 0.6 is 0 Å². The van der Waals surface area contributed by atoms with E-state index < -0.39 is 4.92 Å². The van der Waals surface area contributed by atoms with Crippen molar-refractivity contribution in [3.63, 3.8) is 0 Å². The van der Waals surface area contributed by atoms with Crippen LogP contribution in [0.4, 0.5) is 11.4 Å². The molecule has 0 atom stereocenters. The van der Waals surface area contributed by atoms with Gasteiger partial charge < -0.3 is 10.2 Å². The summed E-state index contributed by atoms with van der Waals surface area (Å²) in [5.74, 6) is 0. The van der Waals surface area contributed by atoms with Crippen molar-refractivity contribution >= 4 is 11.4 Å². The average molecular weight is 276 g/mol. The van der Waals surface area contributed by atoms with Crippen LogP contribution < -0.4 is 5.32 Å². The number of nitro benzene ring substituents is 1. The van der Waals surface area contributed by atoms with Crippen molar-refractivity contribution in [1.29, 1.82) is 5.26 Å². The highest BCUT2D eigenvalue weighted by atomic mass is 16.6. The molecule has 1 aromatic rings. The van der Waals surface area contributed by atoms with E-state index in [-0.39, 0.29) is 5.69 Å². The summed E-state index contributed by atoms with van der Waals surface area (Å²) in [5, 5.41) is 22.8. The molecule has 1 rings (SSSR count). The van der Waals surface area contributed by atoms with Gasteiger partial charge in [0, 0.05) is 19.2 Å². The van der Waals surface area contributed by atoms with Crippen molar-refractivity contribution in [2.24, 2.45) is 0 Å². The predicted octanol–water partition coefficient (Wildman–Crippen LogP) is 2.61. The van der Waals surface area contributed by atoms with Crippen LogP contribution in [0.5, 0.6) is 0 Å². The molecule has 0 bridgehead atoms. The predicted molar refractivity (Wildman–Crippen MR) is 78.7 cm³/mol. The van der Waals surface area contributed by atoms with Gasteiger partial charge in [-0.1, -0.05) is 13.8 Å². The summed E-state index contributed by atoms with van der Waals surface area (Å²) in [7, 11) is 0. The lowest BCUT2D eigenvalue weighted by Gasteiger charge is -2.19. The Bertz CT molecular complexity index is 496. The van der Waals surface area contributed by atoms with E-state index in [0.717, 1.165) is 26.1 Å². The third-order valence-electron chi connectivity index (χ3n) is 3.05. The van der Waals surface area contributed by atoms with E-state index in [9.17, 15) is 10.1 Å². The van der Waals surface area contributed by atoms with Crippen LogP contribution in [0.1, 0.15) is 25.8 Å². The zero-order chi connectivity index (χ0) is 15.0. The van der Waals surface area contributed by atoms with E-state index in [2.05, 4.69) is 24.1 Å². The molecule has 0 spiro atoms. The molecule has 6 heteroatoms. The van der Waals surface area contributed by atoms with Gasteiger partial charge in [-0.2, -0.15) is 5.26 Å². The first-order valence-electron chi connectivity index (χ1n) is 6.77. The Morgan fingerprint density at radius 2 is 2.15 bits per heavy atom. The lowest BCUT2D eigenvalue weighted by molar-refractivity contribution is -0.384. The Balaban J connectivity index is 2.68. The molecule has 108 valence electrons. The Hall–Kier alpha value is -2.13. The molecule has 0 heterocycles. The highest BCUT2D eigenvalue weighted by molar-refractivity contribution is 5.64. The fourth-order valence-electron chi connectivity index (χ4n) is 1.99. The molecular weight excluding hydrogens is 256 g/mol. The lowest BCUT2D eigenvalue weighted by atomic mass is 10.2. The standard InChI is InChI=1S/C14H20N4O2/c1-3-8-17(4-2)9-7-16-13-6-5-12(11-15)10-14(13)18(19)20/h5-6,10,16H,3-4,7-9H2,1-2H3. The second-order valence-corrected chi connectivity index (χ2v) is 4.46. The number of hydrogen-bond donors (Lipinski definition) is 1. The van der Waals surface area contributed by atoms with Gasteiger partial charge >= 0.3 is 0 Å². The van der Waals surface area contributed by atoms with Crippen LogP contribution in [0.15, 0.2) is 18.2 Å². The number of nitrogens with one attached hydrogen (secondary N) is 1. The smallest absolute Gasteiger partial charge is 0.293 e. The van der Waals surface area contributed by atoms with Crippen LogP contribution in [0.25, 0.3) is 0 Å². The van der Waals surface area contributed by atoms with Crippen molar-refractivity contribution in [2.75, 3.05) is 31.5 Å². The Morgan fingerprint density at radius 3 is 2.70 bits per heavy atom. The molecule has 1 aromatic carbocycles. The summed E-state index contributed by atoms with van der Waals surface area (Å²) < 4.78 is 0. The van der Waals surface area contributed by atoms with E-state index in [0.29, 0.717) is 17.8 Å². The highest BCUT2D eigenvalue weighted by Crippen LogP contribution is 2.25. The third-order valence-corrected chi connectivity index (χ3v) is 3.05. The van der Waals surface area contributed by atoms with Crippen LogP contribution in [0.3, 0.4) is 0 Å². The fraction of sp³-hybridized carbons (Fsp3) is 0.500. The summed E-state index contributed by atoms with van der Waals surface area (Å²) in [5.41, 5.74) is 0.701. The van der Waals surface area contributed by atoms with Gasteiger partial charge in [0.05, 0.1) is 16.6 Å². The summed E-state index contributed by atoms with van der Waals surface area (Å²) >= 11 is 0. The van der Waals surface area contributed by atoms with E-state index in [1.165, 1.54) is 6.07 Å². The quantitative estimate of drug-likeness (QED) is 0.583. The summed E-state index contributed by atoms with van der Waals surface area (Å²) in [6, 6.07) is 6.38. The molecule has 0 aliphatic carbocycles. The van der Waals surface area contributed by atoms with Crippen molar-refractivity contribution in [3.05, 3.63) is 33.9 Å². The van der Waals surface area contributed by atoms with Crippen LogP contribution in [0.2, 0.25) is 0 Å². The Morgan fingerprint density at radius 1 is 1.40 bits per heavy atom. The van der Waals surface area contributed by atoms with Crippen molar-refractivity contribution in [1.82, 2.24) is 4.90 Å². The summed E-state index contributed by atoms with van der Waals surface area (Å²) in [6.45, 7) is 7.68. The fourth-order valence-corrected chi connectivity index (χ4v) is 1.99. The second kappa shape index (κ2) is 8.12. The molecule has 6 nitrogen and oxygen atoms in total. The monoisotopic (exact) mass is 276 g/mol. The maximum atomic E-state index is 11.0. The molecule has 0 unspecified atom stereocenters. The first kappa shape index (κ1) is 15.9. The van der Waals surface area contributed by atoms with Crippen molar-refractivity contribution in [3.8, 4) is 6.07 Å². The Kier molecular flexibility index (Phi) is 6.47. The molecule has 0 radical (unpaired) electrons. The third kappa shape index (κ3) is 4.52. The molecule has 0 saturated carbocycles. The molecule has 0 fully saturated rings. The number of rotatable bonds is 8. The molecule has 0 aliphatic heterocycles. The topological polar surface area (TPSA) is 82.2 Å². The van der Waals surface area contributed by atoms with E-state index in [4.69, 9.17) is 5.26 Å². The minimum Gasteiger partial charge on any atom is -0.378 e. The van der Waals surface area contributed by atoms with Gasteiger partial charge in [-0.3, -0.25) is 10.1 Å². The van der Waals surface area contributed by atoms with Gasteiger partial charge in [0.15, 0.2) is 0 Å². The van der Waals surface area contributed by atoms with E-state index in [1.807, 2.05) is 6.07 Å². The molecule has 20 heavy (non-hydrogen) atoms. The number of likely N-dealkylation sites (N-methyl/N-ethyl adjacent to an activating group) is 1. The highest BCUT2D eigenvalue weighted by Gasteiger charge is 2.14. The Labute approximate surface area is 119 Å². The zero-order valence-electron chi connectivity index (χ0n) is 11.9. The number of nitro groups is 1. The number of hydrogen-bond acceptors (Lipinski definition) is 5. The van der Waals surface area contributed by atoms with Gasteiger partial charge in [0.25, 0.3) is 5.69 Å². The minimum atomic E-state index is -0.465. The first-order valence-corrected chi connectivity index (χ1v) is 6.77. The van der Waals surface area contributed by atoms with Crippen molar-refractivity contribution < 1.29 is 4.92 Å². The van der Waals surface area contributed by atoms with Gasteiger partial charge in [0.1, 0.15) is 5.69 Å². The maximum absolute atomic E-state index is 11.0. The van der Waals surface area contributed by atoms with Gasteiger partial charge in [-0.25, -0.2) is 0 Å². The molecule has 1 N–H and O–H groups in total. The summed E-state index contributed by atoms with van der Waals surface area (Å²) in [4.78, 5) is 12.8. The number of anilines is 1. The average Bonchev–Trinajstić information content (AvgIpc) is 2.46. The van der Waals surface area contributed by atoms with Gasteiger partial charge in [-0.05, 0) is 31.6 Å². The van der Waals surface area contributed by atoms with Gasteiger partial charge in [-0.15, -0.1) is 0 Å². The van der Waals surface area contributed by atoms with Crippen molar-refractivity contribution in [2.45, 2.75) is 20.3 Å². The summed E-state index contributed by atoms with van der Waals surface area (Å²) in [6.07, 6.45) is 1.09. The number of benzene rings is 1. The molecule has 0 saturated heterocycles. The first-order chi connectivity index (χ1) is 9.62. The maximum Gasteiger partial charge on any atom is 0.293 e. The molecular formula is C14H20N4O2. The zero-order valence-corrected chi connectivity index (χ0v) is 11.9. The van der Waals surface area contributed by atoms with E-state index >= 15 is 0 Å². The van der Waals surface area contributed by atoms with Crippen LogP contribution in [0, 0.1) is 21.4 Å². The van der Waals surface area contributed by atoms with Crippen LogP contribution in [-0.2, 0) is 0 Å². The van der Waals surface area contributed by atoms with Gasteiger partial charge in [0.2, 0.25) is 0 Å². The second-order valence-electron chi connectivity index (χ2n) is 4.46. The lowest BCUT2D eigenvalue weighted by Crippen LogP contribution is -2.29. The number of nitriles is 1. The molecule has 0 amide bonds.